The van der Waals surface area contributed by atoms with Crippen LogP contribution in [0.5, 0.6) is 0 Å². The lowest BCUT2D eigenvalue weighted by Crippen LogP contribution is -2.20. The number of benzene rings is 1. The molecule has 4 heteroatoms. The Labute approximate surface area is 100.0 Å². The van der Waals surface area contributed by atoms with E-state index in [-0.39, 0.29) is 6.29 Å². The summed E-state index contributed by atoms with van der Waals surface area (Å²) in [7, 11) is 0. The van der Waals surface area contributed by atoms with E-state index < -0.39 is 0 Å². The molecule has 1 aromatic rings. The zero-order valence-electron chi connectivity index (χ0n) is 8.93. The van der Waals surface area contributed by atoms with Crippen LogP contribution in [0.4, 0.5) is 0 Å². The zero-order chi connectivity index (χ0) is 11.2. The Hall–Kier alpha value is -1.06. The molecule has 3 nitrogen and oxygen atoms in total. The van der Waals surface area contributed by atoms with E-state index in [1.54, 1.807) is 0 Å². The maximum Gasteiger partial charge on any atom is 0.226 e. The second kappa shape index (κ2) is 5.87. The fraction of sp³-hybridized carbons (Fsp3) is 0.417. The van der Waals surface area contributed by atoms with Crippen LogP contribution in [0.25, 0.3) is 0 Å². The summed E-state index contributed by atoms with van der Waals surface area (Å²) in [5.41, 5.74) is 0.847. The first-order valence-corrected chi connectivity index (χ1v) is 5.80. The van der Waals surface area contributed by atoms with Crippen molar-refractivity contribution in [3.63, 3.8) is 0 Å². The van der Waals surface area contributed by atoms with Gasteiger partial charge in [-0.3, -0.25) is 0 Å². The molecule has 1 aromatic carbocycles. The lowest BCUT2D eigenvalue weighted by atomic mass is 10.2. The van der Waals surface area contributed by atoms with E-state index in [2.05, 4.69) is 5.16 Å². The van der Waals surface area contributed by atoms with E-state index in [1.807, 2.05) is 30.3 Å². The van der Waals surface area contributed by atoms with Crippen molar-refractivity contribution in [2.75, 3.05) is 6.61 Å². The van der Waals surface area contributed by atoms with Gasteiger partial charge in [0.2, 0.25) is 6.29 Å². The summed E-state index contributed by atoms with van der Waals surface area (Å²) in [6.45, 7) is 0.739. The van der Waals surface area contributed by atoms with Gasteiger partial charge in [-0.25, -0.2) is 0 Å². The third-order valence-corrected chi connectivity index (χ3v) is 2.69. The number of halogens is 1. The Kier molecular flexibility index (Phi) is 4.19. The molecule has 0 amide bonds. The monoisotopic (exact) mass is 239 g/mol. The number of hydrogen-bond acceptors (Lipinski definition) is 3. The fourth-order valence-corrected chi connectivity index (χ4v) is 1.69. The average Bonchev–Trinajstić information content (AvgIpc) is 2.38. The molecule has 1 fully saturated rings. The van der Waals surface area contributed by atoms with Gasteiger partial charge in [0.25, 0.3) is 0 Å². The van der Waals surface area contributed by atoms with Gasteiger partial charge in [-0.05, 0) is 12.8 Å². The Morgan fingerprint density at radius 1 is 1.31 bits per heavy atom. The highest BCUT2D eigenvalue weighted by molar-refractivity contribution is 6.69. The third-order valence-electron chi connectivity index (χ3n) is 2.40. The normalized spacial score (nSPS) is 21.8. The molecule has 86 valence electrons. The lowest BCUT2D eigenvalue weighted by Gasteiger charge is -2.20. The molecule has 1 aliphatic heterocycles. The van der Waals surface area contributed by atoms with Crippen molar-refractivity contribution in [2.24, 2.45) is 5.16 Å². The average molecular weight is 240 g/mol. The van der Waals surface area contributed by atoms with Crippen molar-refractivity contribution >= 4 is 16.8 Å². The van der Waals surface area contributed by atoms with E-state index in [0.717, 1.165) is 31.4 Å². The molecular formula is C12H14ClNO2. The second-order valence-electron chi connectivity index (χ2n) is 3.65. The minimum absolute atomic E-state index is 0.244. The van der Waals surface area contributed by atoms with E-state index in [9.17, 15) is 0 Å². The summed E-state index contributed by atoms with van der Waals surface area (Å²) in [6.07, 6.45) is 2.84. The Balaban J connectivity index is 1.91. The van der Waals surface area contributed by atoms with Gasteiger partial charge in [0, 0.05) is 12.0 Å². The largest absolute Gasteiger partial charge is 0.362 e. The molecule has 0 spiro atoms. The van der Waals surface area contributed by atoms with E-state index >= 15 is 0 Å². The van der Waals surface area contributed by atoms with Crippen LogP contribution in [-0.4, -0.2) is 18.1 Å². The first-order valence-electron chi connectivity index (χ1n) is 5.42. The Morgan fingerprint density at radius 3 is 2.81 bits per heavy atom. The smallest absolute Gasteiger partial charge is 0.226 e. The maximum absolute atomic E-state index is 5.99. The Morgan fingerprint density at radius 2 is 2.12 bits per heavy atom. The first-order chi connectivity index (χ1) is 7.86. The molecule has 16 heavy (non-hydrogen) atoms. The molecule has 2 rings (SSSR count). The second-order valence-corrected chi connectivity index (χ2v) is 4.01. The standard InChI is InChI=1S/C12H14ClNO2/c13-12(10-6-2-1-3-7-10)14-16-11-8-4-5-9-15-11/h1-3,6-7,11H,4-5,8-9H2/b14-12+. The molecule has 0 bridgehead atoms. The van der Waals surface area contributed by atoms with Gasteiger partial charge in [0.1, 0.15) is 0 Å². The van der Waals surface area contributed by atoms with Crippen molar-refractivity contribution in [3.8, 4) is 0 Å². The first kappa shape index (κ1) is 11.4. The van der Waals surface area contributed by atoms with Gasteiger partial charge in [-0.1, -0.05) is 47.1 Å². The minimum atomic E-state index is -0.244. The molecule has 1 saturated heterocycles. The highest BCUT2D eigenvalue weighted by Gasteiger charge is 2.14. The van der Waals surface area contributed by atoms with Gasteiger partial charge in [-0.2, -0.15) is 0 Å². The van der Waals surface area contributed by atoms with Gasteiger partial charge < -0.3 is 9.57 Å². The molecule has 1 unspecified atom stereocenters. The number of ether oxygens (including phenoxy) is 1. The summed E-state index contributed by atoms with van der Waals surface area (Å²) in [6, 6.07) is 9.52. The Bertz CT molecular complexity index is 347. The molecule has 1 atom stereocenters. The number of hydrogen-bond donors (Lipinski definition) is 0. The summed E-state index contributed by atoms with van der Waals surface area (Å²) < 4.78 is 5.38. The topological polar surface area (TPSA) is 30.8 Å². The molecule has 0 N–H and O–H groups in total. The van der Waals surface area contributed by atoms with E-state index in [4.69, 9.17) is 21.2 Å². The van der Waals surface area contributed by atoms with Gasteiger partial charge in [0.15, 0.2) is 5.17 Å². The quantitative estimate of drug-likeness (QED) is 0.599. The van der Waals surface area contributed by atoms with Crippen LogP contribution >= 0.6 is 11.6 Å². The molecule has 0 radical (unpaired) electrons. The summed E-state index contributed by atoms with van der Waals surface area (Å²) >= 11 is 5.99. The van der Waals surface area contributed by atoms with Crippen LogP contribution in [0.15, 0.2) is 35.5 Å². The molecule has 0 saturated carbocycles. The number of rotatable bonds is 3. The molecular weight excluding hydrogens is 226 g/mol. The maximum atomic E-state index is 5.99. The van der Waals surface area contributed by atoms with Gasteiger partial charge in [-0.15, -0.1) is 0 Å². The van der Waals surface area contributed by atoms with Crippen LogP contribution in [0.1, 0.15) is 24.8 Å². The van der Waals surface area contributed by atoms with E-state index in [0.29, 0.717) is 5.17 Å². The number of nitrogens with zero attached hydrogens (tertiary/aromatic N) is 1. The molecule has 1 aliphatic rings. The van der Waals surface area contributed by atoms with Crippen LogP contribution in [0.2, 0.25) is 0 Å². The highest BCUT2D eigenvalue weighted by atomic mass is 35.5. The van der Waals surface area contributed by atoms with Crippen LogP contribution in [0, 0.1) is 0 Å². The predicted octanol–water partition coefficient (Wildman–Crippen LogP) is 3.13. The van der Waals surface area contributed by atoms with Crippen molar-refractivity contribution in [1.29, 1.82) is 0 Å². The number of oxime groups is 1. The molecule has 0 aliphatic carbocycles. The van der Waals surface area contributed by atoms with Crippen molar-refractivity contribution in [3.05, 3.63) is 35.9 Å². The van der Waals surface area contributed by atoms with Gasteiger partial charge in [0.05, 0.1) is 6.61 Å². The molecule has 1 heterocycles. The minimum Gasteiger partial charge on any atom is -0.362 e. The van der Waals surface area contributed by atoms with Crippen molar-refractivity contribution in [2.45, 2.75) is 25.6 Å². The van der Waals surface area contributed by atoms with E-state index in [1.165, 1.54) is 0 Å². The van der Waals surface area contributed by atoms with Crippen molar-refractivity contribution in [1.82, 2.24) is 0 Å². The summed E-state index contributed by atoms with van der Waals surface area (Å²) in [5.74, 6) is 0. The predicted molar refractivity (Wildman–Crippen MR) is 63.5 cm³/mol. The third kappa shape index (κ3) is 3.22. The zero-order valence-corrected chi connectivity index (χ0v) is 9.69. The van der Waals surface area contributed by atoms with Crippen LogP contribution in [-0.2, 0) is 9.57 Å². The van der Waals surface area contributed by atoms with Gasteiger partial charge >= 0.3 is 0 Å². The van der Waals surface area contributed by atoms with Crippen LogP contribution in [0.3, 0.4) is 0 Å². The summed E-state index contributed by atoms with van der Waals surface area (Å²) in [5, 5.41) is 4.23. The SMILES string of the molecule is Cl/C(=N/OC1CCCCO1)c1ccccc1. The van der Waals surface area contributed by atoms with Crippen molar-refractivity contribution < 1.29 is 9.57 Å². The lowest BCUT2D eigenvalue weighted by molar-refractivity contribution is -0.161. The molecule has 0 aromatic heterocycles. The fourth-order valence-electron chi connectivity index (χ4n) is 1.53. The summed E-state index contributed by atoms with van der Waals surface area (Å²) in [4.78, 5) is 5.23. The highest BCUT2D eigenvalue weighted by Crippen LogP contribution is 2.15. The van der Waals surface area contributed by atoms with Crippen LogP contribution < -0.4 is 0 Å².